The zero-order valence-corrected chi connectivity index (χ0v) is 11.6. The summed E-state index contributed by atoms with van der Waals surface area (Å²) < 4.78 is 18.4. The largest absolute Gasteiger partial charge is 0.489 e. The number of benzene rings is 2. The zero-order valence-electron chi connectivity index (χ0n) is 11.6. The van der Waals surface area contributed by atoms with Crippen LogP contribution in [0.3, 0.4) is 0 Å². The first kappa shape index (κ1) is 15.5. The minimum atomic E-state index is -1.18. The van der Waals surface area contributed by atoms with Gasteiger partial charge < -0.3 is 15.2 Å². The lowest BCUT2D eigenvalue weighted by Gasteiger charge is -2.08. The van der Waals surface area contributed by atoms with E-state index in [0.717, 1.165) is 5.56 Å². The van der Waals surface area contributed by atoms with Crippen molar-refractivity contribution in [2.24, 2.45) is 0 Å². The van der Waals surface area contributed by atoms with Crippen LogP contribution >= 0.6 is 0 Å². The van der Waals surface area contributed by atoms with Gasteiger partial charge in [-0.05, 0) is 29.8 Å². The van der Waals surface area contributed by atoms with Gasteiger partial charge in [-0.2, -0.15) is 0 Å². The topological polar surface area (TPSA) is 75.6 Å². The number of ether oxygens (including phenoxy) is 1. The van der Waals surface area contributed by atoms with E-state index in [0.29, 0.717) is 11.4 Å². The van der Waals surface area contributed by atoms with E-state index in [4.69, 9.17) is 9.84 Å². The van der Waals surface area contributed by atoms with E-state index < -0.39 is 18.3 Å². The van der Waals surface area contributed by atoms with Gasteiger partial charge in [0.05, 0.1) is 0 Å². The van der Waals surface area contributed by atoms with Crippen LogP contribution in [0.5, 0.6) is 5.75 Å². The van der Waals surface area contributed by atoms with E-state index in [1.807, 2.05) is 0 Å². The summed E-state index contributed by atoms with van der Waals surface area (Å²) in [6.45, 7) is 0.257. The molecule has 2 aromatic carbocycles. The third-order valence-corrected chi connectivity index (χ3v) is 2.75. The molecule has 6 heteroatoms. The minimum Gasteiger partial charge on any atom is -0.489 e. The van der Waals surface area contributed by atoms with Crippen molar-refractivity contribution in [2.45, 2.75) is 13.0 Å². The van der Waals surface area contributed by atoms with Gasteiger partial charge >= 0.3 is 5.97 Å². The van der Waals surface area contributed by atoms with Crippen molar-refractivity contribution in [3.05, 3.63) is 59.9 Å². The van der Waals surface area contributed by atoms with Crippen molar-refractivity contribution in [1.29, 1.82) is 0 Å². The van der Waals surface area contributed by atoms with Gasteiger partial charge in [0.2, 0.25) is 5.91 Å². The van der Waals surface area contributed by atoms with Gasteiger partial charge in [-0.25, -0.2) is 4.39 Å². The van der Waals surface area contributed by atoms with E-state index >= 15 is 0 Å². The molecule has 0 fully saturated rings. The van der Waals surface area contributed by atoms with Crippen LogP contribution < -0.4 is 10.1 Å². The average Bonchev–Trinajstić information content (AvgIpc) is 2.46. The van der Waals surface area contributed by atoms with Crippen LogP contribution in [-0.2, 0) is 16.2 Å². The zero-order chi connectivity index (χ0) is 15.9. The van der Waals surface area contributed by atoms with Crippen molar-refractivity contribution >= 4 is 17.6 Å². The number of carbonyl (C=O) groups excluding carboxylic acids is 1. The van der Waals surface area contributed by atoms with Gasteiger partial charge in [-0.15, -0.1) is 0 Å². The number of hydrogen-bond donors (Lipinski definition) is 2. The second kappa shape index (κ2) is 7.21. The molecule has 0 aliphatic heterocycles. The number of carbonyl (C=O) groups is 2. The van der Waals surface area contributed by atoms with Crippen LogP contribution in [0.2, 0.25) is 0 Å². The molecule has 2 N–H and O–H groups in total. The molecule has 2 rings (SSSR count). The maximum Gasteiger partial charge on any atom is 0.312 e. The van der Waals surface area contributed by atoms with Crippen LogP contribution in [0.1, 0.15) is 12.0 Å². The third kappa shape index (κ3) is 4.90. The van der Waals surface area contributed by atoms with Crippen LogP contribution in [-0.4, -0.2) is 17.0 Å². The van der Waals surface area contributed by atoms with Crippen molar-refractivity contribution in [3.8, 4) is 5.75 Å². The third-order valence-electron chi connectivity index (χ3n) is 2.75. The number of carboxylic acid groups (broad SMARTS) is 1. The first-order chi connectivity index (χ1) is 10.5. The molecule has 0 radical (unpaired) electrons. The van der Waals surface area contributed by atoms with Gasteiger partial charge in [0, 0.05) is 11.8 Å². The van der Waals surface area contributed by atoms with Gasteiger partial charge in [-0.1, -0.05) is 18.2 Å². The summed E-state index contributed by atoms with van der Waals surface area (Å²) in [6, 6.07) is 12.6. The molecule has 0 unspecified atom stereocenters. The smallest absolute Gasteiger partial charge is 0.312 e. The number of aliphatic carboxylic acids is 1. The predicted octanol–water partition coefficient (Wildman–Crippen LogP) is 2.82. The molecule has 0 heterocycles. The molecular formula is C16H14FNO4. The molecule has 114 valence electrons. The van der Waals surface area contributed by atoms with Crippen molar-refractivity contribution in [3.63, 3.8) is 0 Å². The molecule has 0 atom stereocenters. The highest BCUT2D eigenvalue weighted by Crippen LogP contribution is 2.15. The predicted molar refractivity (Wildman–Crippen MR) is 78.1 cm³/mol. The second-order valence-electron chi connectivity index (χ2n) is 4.56. The minimum absolute atomic E-state index is 0.257. The number of nitrogens with one attached hydrogen (secondary N) is 1. The highest BCUT2D eigenvalue weighted by molar-refractivity contribution is 6.01. The number of hydrogen-bond acceptors (Lipinski definition) is 3. The maximum atomic E-state index is 13.0. The number of anilines is 1. The van der Waals surface area contributed by atoms with Crippen LogP contribution in [0.4, 0.5) is 10.1 Å². The standard InChI is InChI=1S/C16H14FNO4/c17-12-2-1-3-14(8-12)22-10-11-4-6-13(7-5-11)18-15(19)9-16(20)21/h1-8H,9-10H2,(H,18,19)(H,20,21). The molecular weight excluding hydrogens is 289 g/mol. The molecule has 22 heavy (non-hydrogen) atoms. The Morgan fingerprint density at radius 2 is 1.86 bits per heavy atom. The van der Waals surface area contributed by atoms with E-state index in [9.17, 15) is 14.0 Å². The lowest BCUT2D eigenvalue weighted by Crippen LogP contribution is -2.15. The lowest BCUT2D eigenvalue weighted by atomic mass is 10.2. The molecule has 2 aromatic rings. The first-order valence-electron chi connectivity index (χ1n) is 6.52. The molecule has 0 spiro atoms. The summed E-state index contributed by atoms with van der Waals surface area (Å²) in [5.41, 5.74) is 1.33. The molecule has 0 aromatic heterocycles. The van der Waals surface area contributed by atoms with Gasteiger partial charge in [0.15, 0.2) is 0 Å². The highest BCUT2D eigenvalue weighted by atomic mass is 19.1. The molecule has 5 nitrogen and oxygen atoms in total. The number of carboxylic acids is 1. The van der Waals surface area contributed by atoms with Crippen molar-refractivity contribution in [2.75, 3.05) is 5.32 Å². The monoisotopic (exact) mass is 303 g/mol. The first-order valence-corrected chi connectivity index (χ1v) is 6.52. The Kier molecular flexibility index (Phi) is 5.08. The van der Waals surface area contributed by atoms with E-state index in [1.165, 1.54) is 12.1 Å². The van der Waals surface area contributed by atoms with Gasteiger partial charge in [-0.3, -0.25) is 9.59 Å². The molecule has 0 bridgehead atoms. The Bertz CT molecular complexity index is 670. The van der Waals surface area contributed by atoms with E-state index in [2.05, 4.69) is 5.32 Å². The maximum absolute atomic E-state index is 13.0. The van der Waals surface area contributed by atoms with E-state index in [-0.39, 0.29) is 12.4 Å². The van der Waals surface area contributed by atoms with Crippen molar-refractivity contribution < 1.29 is 23.8 Å². The summed E-state index contributed by atoms with van der Waals surface area (Å²) in [4.78, 5) is 21.7. The lowest BCUT2D eigenvalue weighted by molar-refractivity contribution is -0.139. The molecule has 0 aliphatic rings. The van der Waals surface area contributed by atoms with Gasteiger partial charge in [0.1, 0.15) is 24.6 Å². The Hall–Kier alpha value is -2.89. The summed E-state index contributed by atoms with van der Waals surface area (Å²) in [7, 11) is 0. The Morgan fingerprint density at radius 1 is 1.14 bits per heavy atom. The summed E-state index contributed by atoms with van der Waals surface area (Å²) in [5, 5.41) is 11.0. The van der Waals surface area contributed by atoms with Crippen LogP contribution in [0.15, 0.2) is 48.5 Å². The highest BCUT2D eigenvalue weighted by Gasteiger charge is 2.07. The Morgan fingerprint density at radius 3 is 2.50 bits per heavy atom. The summed E-state index contributed by atoms with van der Waals surface area (Å²) in [6.07, 6.45) is -0.579. The van der Waals surface area contributed by atoms with Gasteiger partial charge in [0.25, 0.3) is 0 Å². The van der Waals surface area contributed by atoms with E-state index in [1.54, 1.807) is 36.4 Å². The molecule has 0 saturated heterocycles. The molecule has 0 aliphatic carbocycles. The van der Waals surface area contributed by atoms with Crippen LogP contribution in [0.25, 0.3) is 0 Å². The van der Waals surface area contributed by atoms with Crippen LogP contribution in [0, 0.1) is 5.82 Å². The number of rotatable bonds is 6. The average molecular weight is 303 g/mol. The second-order valence-corrected chi connectivity index (χ2v) is 4.56. The normalized spacial score (nSPS) is 10.0. The summed E-state index contributed by atoms with van der Waals surface area (Å²) >= 11 is 0. The molecule has 0 saturated carbocycles. The fraction of sp³-hybridized carbons (Fsp3) is 0.125. The van der Waals surface area contributed by atoms with Crippen molar-refractivity contribution in [1.82, 2.24) is 0 Å². The quantitative estimate of drug-likeness (QED) is 0.805. The fourth-order valence-corrected chi connectivity index (χ4v) is 1.75. The SMILES string of the molecule is O=C(O)CC(=O)Nc1ccc(COc2cccc(F)c2)cc1. The number of halogens is 1. The fourth-order valence-electron chi connectivity index (χ4n) is 1.75. The summed E-state index contributed by atoms with van der Waals surface area (Å²) in [5.74, 6) is -1.71. The number of amides is 1. The Balaban J connectivity index is 1.89. The molecule has 1 amide bonds. The Labute approximate surface area is 126 Å².